The summed E-state index contributed by atoms with van der Waals surface area (Å²) in [6.07, 6.45) is 5.38. The molecule has 0 spiro atoms. The second kappa shape index (κ2) is 6.49. The molecule has 0 amide bonds. The minimum Gasteiger partial charge on any atom is -0.480 e. The summed E-state index contributed by atoms with van der Waals surface area (Å²) in [6, 6.07) is 0. The lowest BCUT2D eigenvalue weighted by Crippen LogP contribution is -2.83. The molecule has 0 bridgehead atoms. The number of quaternary nitrogens is 1. The fourth-order valence-electron chi connectivity index (χ4n) is 3.22. The molecular formula is C15H22N5O3+. The lowest BCUT2D eigenvalue weighted by molar-refractivity contribution is -0.445. The van der Waals surface area contributed by atoms with Crippen molar-refractivity contribution in [1.29, 1.82) is 0 Å². The van der Waals surface area contributed by atoms with Gasteiger partial charge in [0.25, 0.3) is 0 Å². The second-order valence-corrected chi connectivity index (χ2v) is 6.04. The summed E-state index contributed by atoms with van der Waals surface area (Å²) in [7, 11) is 0. The summed E-state index contributed by atoms with van der Waals surface area (Å²) in [5, 5.41) is 13.4. The van der Waals surface area contributed by atoms with Gasteiger partial charge in [0.2, 0.25) is 23.3 Å². The highest BCUT2D eigenvalue weighted by molar-refractivity contribution is 5.85. The molecule has 2 aliphatic rings. The Balaban J connectivity index is 1.94. The van der Waals surface area contributed by atoms with Crippen LogP contribution in [0.5, 0.6) is 0 Å². The molecular weight excluding hydrogens is 298 g/mol. The Bertz CT molecular complexity index is 704. The second-order valence-electron chi connectivity index (χ2n) is 6.04. The number of amidine groups is 1. The smallest absolute Gasteiger partial charge is 0.322 e. The number of hydrogen-bond acceptors (Lipinski definition) is 5. The monoisotopic (exact) mass is 320 g/mol. The first-order chi connectivity index (χ1) is 11.1. The minimum atomic E-state index is -0.996. The van der Waals surface area contributed by atoms with Gasteiger partial charge < -0.3 is 10.4 Å². The van der Waals surface area contributed by atoms with Crippen LogP contribution in [0.3, 0.4) is 0 Å². The van der Waals surface area contributed by atoms with Gasteiger partial charge in [-0.2, -0.15) is 9.98 Å². The topological polar surface area (TPSA) is 113 Å². The maximum Gasteiger partial charge on any atom is 0.322 e. The van der Waals surface area contributed by atoms with Crippen LogP contribution in [0.15, 0.2) is 9.79 Å². The van der Waals surface area contributed by atoms with E-state index in [1.54, 1.807) is 0 Å². The number of aromatic nitrogens is 2. The Morgan fingerprint density at radius 3 is 2.83 bits per heavy atom. The van der Waals surface area contributed by atoms with Crippen LogP contribution in [-0.4, -0.2) is 33.0 Å². The molecule has 0 atom stereocenters. The van der Waals surface area contributed by atoms with Gasteiger partial charge in [0.1, 0.15) is 6.54 Å². The molecule has 1 aromatic heterocycles. The van der Waals surface area contributed by atoms with E-state index in [1.165, 1.54) is 17.4 Å². The highest BCUT2D eigenvalue weighted by atomic mass is 16.4. The highest BCUT2D eigenvalue weighted by Crippen LogP contribution is 2.29. The number of hydrogen-bond donors (Lipinski definition) is 3. The maximum absolute atomic E-state index is 12.7. The molecule has 0 saturated heterocycles. The third-order valence-electron chi connectivity index (χ3n) is 4.33. The van der Waals surface area contributed by atoms with Gasteiger partial charge in [-0.05, 0) is 19.3 Å². The van der Waals surface area contributed by atoms with Crippen molar-refractivity contribution in [3.63, 3.8) is 0 Å². The molecule has 0 unspecified atom stereocenters. The van der Waals surface area contributed by atoms with E-state index in [0.29, 0.717) is 24.0 Å². The van der Waals surface area contributed by atoms with Crippen molar-refractivity contribution in [2.24, 2.45) is 10.9 Å². The molecule has 1 aromatic rings. The van der Waals surface area contributed by atoms with Crippen molar-refractivity contribution >= 4 is 29.3 Å². The van der Waals surface area contributed by atoms with Gasteiger partial charge >= 0.3 is 11.5 Å². The summed E-state index contributed by atoms with van der Waals surface area (Å²) in [5.74, 6) is 1.06. The lowest BCUT2D eigenvalue weighted by atomic mass is 10.1. The number of nitrogens with one attached hydrogen (secondary N) is 1. The van der Waals surface area contributed by atoms with Crippen LogP contribution in [0, 0.1) is 5.92 Å². The summed E-state index contributed by atoms with van der Waals surface area (Å²) in [5.41, 5.74) is 0.378. The van der Waals surface area contributed by atoms with Crippen LogP contribution in [0.2, 0.25) is 0 Å². The quantitative estimate of drug-likeness (QED) is 0.709. The van der Waals surface area contributed by atoms with Crippen LogP contribution in [0.25, 0.3) is 0 Å². The molecule has 1 fully saturated rings. The minimum absolute atomic E-state index is 0.151. The third-order valence-corrected chi connectivity index (χ3v) is 4.33. The molecule has 1 saturated carbocycles. The van der Waals surface area contributed by atoms with Gasteiger partial charge in [-0.3, -0.25) is 19.5 Å². The Labute approximate surface area is 133 Å². The first kappa shape index (κ1) is 15.7. The first-order valence-corrected chi connectivity index (χ1v) is 8.14. The van der Waals surface area contributed by atoms with Crippen LogP contribution >= 0.6 is 0 Å². The highest BCUT2D eigenvalue weighted by Gasteiger charge is 2.33. The number of rotatable bonds is 6. The number of nitrogens with zero attached hydrogens (tertiary/aromatic N) is 3. The van der Waals surface area contributed by atoms with E-state index in [-0.39, 0.29) is 18.1 Å². The van der Waals surface area contributed by atoms with Crippen molar-refractivity contribution in [2.45, 2.75) is 45.6 Å². The number of fused-ring (bicyclic) bond motifs is 1. The van der Waals surface area contributed by atoms with Gasteiger partial charge in [0, 0.05) is 6.54 Å². The van der Waals surface area contributed by atoms with Crippen molar-refractivity contribution in [3.8, 4) is 0 Å². The maximum atomic E-state index is 12.7. The number of anilines is 1. The third kappa shape index (κ3) is 3.12. The summed E-state index contributed by atoms with van der Waals surface area (Å²) in [4.78, 5) is 32.4. The molecule has 2 heterocycles. The summed E-state index contributed by atoms with van der Waals surface area (Å²) >= 11 is 0. The molecule has 8 nitrogen and oxygen atoms in total. The fraction of sp³-hybridized carbons (Fsp3) is 0.600. The molecule has 124 valence electrons. The van der Waals surface area contributed by atoms with E-state index in [2.05, 4.69) is 15.3 Å². The Morgan fingerprint density at radius 1 is 1.43 bits per heavy atom. The molecule has 1 aliphatic carbocycles. The van der Waals surface area contributed by atoms with E-state index in [1.807, 2.05) is 12.2 Å². The fourth-order valence-corrected chi connectivity index (χ4v) is 3.22. The average Bonchev–Trinajstić information content (AvgIpc) is 3.17. The predicted molar refractivity (Wildman–Crippen MR) is 85.6 cm³/mol. The van der Waals surface area contributed by atoms with Crippen LogP contribution in [0.4, 0.5) is 17.5 Å². The molecule has 8 heteroatoms. The summed E-state index contributed by atoms with van der Waals surface area (Å²) < 4.78 is 1.51. The largest absolute Gasteiger partial charge is 0.480 e. The molecule has 4 N–H and O–H groups in total. The average molecular weight is 320 g/mol. The molecule has 0 radical (unpaired) electrons. The summed E-state index contributed by atoms with van der Waals surface area (Å²) in [6.45, 7) is 2.18. The standard InChI is InChI=1S/C15H21N5O3/c1-2-7-20-14(23)11-13(19-15(20)16-8-10(21)22)18-12(17-11)9-5-3-4-6-9/h9H,2-8H2,1H3,(H,16,19)(H,17,18)(H,21,22)/p+1. The number of aliphatic carboxylic acids is 1. The van der Waals surface area contributed by atoms with E-state index in [9.17, 15) is 9.59 Å². The Kier molecular flexibility index (Phi) is 4.42. The van der Waals surface area contributed by atoms with Crippen LogP contribution in [-0.2, 0) is 11.3 Å². The molecule has 3 rings (SSSR count). The van der Waals surface area contributed by atoms with Gasteiger partial charge in [0.05, 0.1) is 5.92 Å². The number of carboxylic acids is 1. The normalized spacial score (nSPS) is 17.2. The van der Waals surface area contributed by atoms with Gasteiger partial charge in [-0.15, -0.1) is 0 Å². The zero-order valence-corrected chi connectivity index (χ0v) is 13.2. The van der Waals surface area contributed by atoms with E-state index in [0.717, 1.165) is 25.1 Å². The van der Waals surface area contributed by atoms with Crippen molar-refractivity contribution in [1.82, 2.24) is 9.55 Å². The number of aliphatic imine (C=N–C) groups is 1. The molecule has 0 aromatic carbocycles. The Hall–Kier alpha value is -2.22. The molecule has 1 aliphatic heterocycles. The predicted octanol–water partition coefficient (Wildman–Crippen LogP) is 0.579. The van der Waals surface area contributed by atoms with E-state index in [4.69, 9.17) is 5.11 Å². The zero-order valence-electron chi connectivity index (χ0n) is 13.2. The van der Waals surface area contributed by atoms with Crippen molar-refractivity contribution in [2.75, 3.05) is 11.9 Å². The molecule has 23 heavy (non-hydrogen) atoms. The lowest BCUT2D eigenvalue weighted by Gasteiger charge is -2.11. The van der Waals surface area contributed by atoms with Crippen LogP contribution < -0.4 is 16.2 Å². The van der Waals surface area contributed by atoms with Crippen LogP contribution in [0.1, 0.15) is 39.0 Å². The van der Waals surface area contributed by atoms with Crippen molar-refractivity contribution < 1.29 is 15.2 Å². The van der Waals surface area contributed by atoms with Gasteiger partial charge in [-0.1, -0.05) is 19.8 Å². The van der Waals surface area contributed by atoms with Gasteiger partial charge in [-0.25, -0.2) is 0 Å². The van der Waals surface area contributed by atoms with Crippen molar-refractivity contribution in [3.05, 3.63) is 10.4 Å². The SMILES string of the molecule is CCCn1c(NCC(=O)O)nc2c(c1=O)[NH2+]C(C1CCCC1)=N2. The number of carboxylic acid groups (broad SMARTS) is 1. The van der Waals surface area contributed by atoms with E-state index >= 15 is 0 Å². The van der Waals surface area contributed by atoms with E-state index < -0.39 is 5.97 Å². The Morgan fingerprint density at radius 2 is 2.17 bits per heavy atom. The van der Waals surface area contributed by atoms with Gasteiger partial charge in [0.15, 0.2) is 0 Å². The zero-order chi connectivity index (χ0) is 16.4. The number of carbonyl (C=O) groups is 1. The number of nitrogens with two attached hydrogens (primary N) is 1. The first-order valence-electron chi connectivity index (χ1n) is 8.14.